The van der Waals surface area contributed by atoms with Crippen molar-refractivity contribution in [3.8, 4) is 5.75 Å². The monoisotopic (exact) mass is 312 g/mol. The van der Waals surface area contributed by atoms with E-state index in [-0.39, 0.29) is 11.9 Å². The molecule has 1 saturated heterocycles. The van der Waals surface area contributed by atoms with Gasteiger partial charge in [0.05, 0.1) is 11.6 Å². The van der Waals surface area contributed by atoms with Gasteiger partial charge in [0.15, 0.2) is 0 Å². The highest BCUT2D eigenvalue weighted by atomic mass is 79.9. The lowest BCUT2D eigenvalue weighted by molar-refractivity contribution is 0.0741. The Morgan fingerprint density at radius 2 is 2.39 bits per heavy atom. The van der Waals surface area contributed by atoms with Gasteiger partial charge in [-0.15, -0.1) is 0 Å². The van der Waals surface area contributed by atoms with Crippen LogP contribution in [-0.4, -0.2) is 37.0 Å². The molecule has 0 saturated carbocycles. The van der Waals surface area contributed by atoms with Crippen LogP contribution in [-0.2, 0) is 0 Å². The Morgan fingerprint density at radius 1 is 1.61 bits per heavy atom. The summed E-state index contributed by atoms with van der Waals surface area (Å²) in [5.74, 6) is 0.773. The Morgan fingerprint density at radius 3 is 3.00 bits per heavy atom. The largest absolute Gasteiger partial charge is 0.496 e. The van der Waals surface area contributed by atoms with Crippen LogP contribution in [0.15, 0.2) is 22.7 Å². The van der Waals surface area contributed by atoms with Gasteiger partial charge in [0.1, 0.15) is 5.75 Å². The first-order valence-electron chi connectivity index (χ1n) is 6.02. The van der Waals surface area contributed by atoms with E-state index in [2.05, 4.69) is 15.9 Å². The van der Waals surface area contributed by atoms with E-state index in [0.717, 1.165) is 29.6 Å². The highest BCUT2D eigenvalue weighted by Gasteiger charge is 2.28. The summed E-state index contributed by atoms with van der Waals surface area (Å²) in [5, 5.41) is 0. The number of hydrogen-bond donors (Lipinski definition) is 1. The summed E-state index contributed by atoms with van der Waals surface area (Å²) in [6.45, 7) is 1.33. The third-order valence-electron chi connectivity index (χ3n) is 3.31. The number of carbonyl (C=O) groups excluding carboxylic acids is 1. The van der Waals surface area contributed by atoms with Crippen LogP contribution >= 0.6 is 15.9 Å². The van der Waals surface area contributed by atoms with Gasteiger partial charge >= 0.3 is 0 Å². The van der Waals surface area contributed by atoms with E-state index in [1.54, 1.807) is 25.3 Å². The van der Waals surface area contributed by atoms with Crippen molar-refractivity contribution in [1.29, 1.82) is 0 Å². The van der Waals surface area contributed by atoms with Crippen molar-refractivity contribution in [2.24, 2.45) is 5.73 Å². The van der Waals surface area contributed by atoms with E-state index < -0.39 is 0 Å². The molecule has 1 unspecified atom stereocenters. The molecule has 1 aromatic rings. The van der Waals surface area contributed by atoms with Crippen LogP contribution in [0.1, 0.15) is 23.2 Å². The van der Waals surface area contributed by atoms with Gasteiger partial charge in [-0.25, -0.2) is 0 Å². The second-order valence-corrected chi connectivity index (χ2v) is 5.23. The molecular formula is C13H17BrN2O2. The van der Waals surface area contributed by atoms with Crippen molar-refractivity contribution in [3.05, 3.63) is 28.2 Å². The highest BCUT2D eigenvalue weighted by Crippen LogP contribution is 2.27. The molecular weight excluding hydrogens is 296 g/mol. The fourth-order valence-electron chi connectivity index (χ4n) is 2.31. The van der Waals surface area contributed by atoms with Gasteiger partial charge in [0.25, 0.3) is 5.91 Å². The SMILES string of the molecule is COc1ccc(C(=O)N2CCCC2CN)cc1Br. The number of amides is 1. The van der Waals surface area contributed by atoms with E-state index in [1.165, 1.54) is 0 Å². The maximum Gasteiger partial charge on any atom is 0.254 e. The average molecular weight is 313 g/mol. The lowest BCUT2D eigenvalue weighted by Gasteiger charge is -2.23. The minimum atomic E-state index is 0.0475. The summed E-state index contributed by atoms with van der Waals surface area (Å²) in [5.41, 5.74) is 6.36. The highest BCUT2D eigenvalue weighted by molar-refractivity contribution is 9.10. The molecule has 1 aliphatic heterocycles. The Labute approximate surface area is 115 Å². The zero-order valence-corrected chi connectivity index (χ0v) is 11.9. The molecule has 0 aromatic heterocycles. The lowest BCUT2D eigenvalue weighted by atomic mass is 10.1. The summed E-state index contributed by atoms with van der Waals surface area (Å²) in [4.78, 5) is 14.2. The predicted octanol–water partition coefficient (Wildman–Crippen LogP) is 2.02. The van der Waals surface area contributed by atoms with Crippen LogP contribution < -0.4 is 10.5 Å². The number of hydrogen-bond acceptors (Lipinski definition) is 3. The molecule has 0 radical (unpaired) electrons. The average Bonchev–Trinajstić information content (AvgIpc) is 2.86. The van der Waals surface area contributed by atoms with Crippen LogP contribution in [0.5, 0.6) is 5.75 Å². The van der Waals surface area contributed by atoms with E-state index in [9.17, 15) is 4.79 Å². The van der Waals surface area contributed by atoms with Gasteiger partial charge in [0, 0.05) is 24.7 Å². The van der Waals surface area contributed by atoms with E-state index >= 15 is 0 Å². The molecule has 4 nitrogen and oxygen atoms in total. The van der Waals surface area contributed by atoms with Gasteiger partial charge in [-0.05, 0) is 47.0 Å². The summed E-state index contributed by atoms with van der Waals surface area (Å²) in [7, 11) is 1.60. The van der Waals surface area contributed by atoms with E-state index in [1.807, 2.05) is 4.90 Å². The Bertz CT molecular complexity index is 451. The molecule has 1 aliphatic rings. The number of benzene rings is 1. The smallest absolute Gasteiger partial charge is 0.254 e. The van der Waals surface area contributed by atoms with Crippen LogP contribution in [0.2, 0.25) is 0 Å². The first-order valence-corrected chi connectivity index (χ1v) is 6.81. The minimum Gasteiger partial charge on any atom is -0.496 e. The quantitative estimate of drug-likeness (QED) is 0.929. The predicted molar refractivity (Wildman–Crippen MR) is 73.8 cm³/mol. The normalized spacial score (nSPS) is 19.1. The van der Waals surface area contributed by atoms with Crippen molar-refractivity contribution < 1.29 is 9.53 Å². The molecule has 1 fully saturated rings. The second kappa shape index (κ2) is 5.71. The molecule has 2 rings (SSSR count). The standard InChI is InChI=1S/C13H17BrN2O2/c1-18-12-5-4-9(7-11(12)14)13(17)16-6-2-3-10(16)8-15/h4-5,7,10H,2-3,6,8,15H2,1H3. The molecule has 18 heavy (non-hydrogen) atoms. The molecule has 0 spiro atoms. The summed E-state index contributed by atoms with van der Waals surface area (Å²) in [6, 6.07) is 5.56. The van der Waals surface area contributed by atoms with Crippen molar-refractivity contribution in [2.75, 3.05) is 20.2 Å². The summed E-state index contributed by atoms with van der Waals surface area (Å²) >= 11 is 3.40. The van der Waals surface area contributed by atoms with Gasteiger partial charge in [0.2, 0.25) is 0 Å². The molecule has 0 aliphatic carbocycles. The molecule has 1 heterocycles. The first-order chi connectivity index (χ1) is 8.67. The minimum absolute atomic E-state index is 0.0475. The molecule has 2 N–H and O–H groups in total. The molecule has 0 bridgehead atoms. The van der Waals surface area contributed by atoms with Gasteiger partial charge in [-0.1, -0.05) is 0 Å². The fraction of sp³-hybridized carbons (Fsp3) is 0.462. The van der Waals surface area contributed by atoms with Gasteiger partial charge < -0.3 is 15.4 Å². The van der Waals surface area contributed by atoms with Gasteiger partial charge in [-0.2, -0.15) is 0 Å². The van der Waals surface area contributed by atoms with Crippen molar-refractivity contribution >= 4 is 21.8 Å². The molecule has 1 atom stereocenters. The third-order valence-corrected chi connectivity index (χ3v) is 3.93. The number of rotatable bonds is 3. The Balaban J connectivity index is 2.21. The van der Waals surface area contributed by atoms with Crippen molar-refractivity contribution in [3.63, 3.8) is 0 Å². The summed E-state index contributed by atoms with van der Waals surface area (Å²) in [6.07, 6.45) is 2.03. The number of nitrogens with zero attached hydrogens (tertiary/aromatic N) is 1. The second-order valence-electron chi connectivity index (χ2n) is 4.38. The zero-order chi connectivity index (χ0) is 13.1. The number of methoxy groups -OCH3 is 1. The number of carbonyl (C=O) groups is 1. The number of likely N-dealkylation sites (tertiary alicyclic amines) is 1. The third kappa shape index (κ3) is 2.52. The lowest BCUT2D eigenvalue weighted by Crippen LogP contribution is -2.39. The first kappa shape index (κ1) is 13.4. The molecule has 98 valence electrons. The fourth-order valence-corrected chi connectivity index (χ4v) is 2.85. The van der Waals surface area contributed by atoms with E-state index in [4.69, 9.17) is 10.5 Å². The van der Waals surface area contributed by atoms with Crippen LogP contribution in [0.3, 0.4) is 0 Å². The number of ether oxygens (including phenoxy) is 1. The Kier molecular flexibility index (Phi) is 4.24. The Hall–Kier alpha value is -1.07. The summed E-state index contributed by atoms with van der Waals surface area (Å²) < 4.78 is 5.95. The molecule has 5 heteroatoms. The van der Waals surface area contributed by atoms with Crippen LogP contribution in [0.25, 0.3) is 0 Å². The molecule has 1 amide bonds. The number of nitrogens with two attached hydrogens (primary N) is 1. The van der Waals surface area contributed by atoms with Crippen molar-refractivity contribution in [1.82, 2.24) is 4.90 Å². The van der Waals surface area contributed by atoms with E-state index in [0.29, 0.717) is 12.1 Å². The number of halogens is 1. The topological polar surface area (TPSA) is 55.6 Å². The maximum absolute atomic E-state index is 12.4. The zero-order valence-electron chi connectivity index (χ0n) is 10.4. The molecule has 1 aromatic carbocycles. The van der Waals surface area contributed by atoms with Crippen molar-refractivity contribution in [2.45, 2.75) is 18.9 Å². The maximum atomic E-state index is 12.4. The van der Waals surface area contributed by atoms with Crippen LogP contribution in [0, 0.1) is 0 Å². The van der Waals surface area contributed by atoms with Gasteiger partial charge in [-0.3, -0.25) is 4.79 Å². The van der Waals surface area contributed by atoms with Crippen LogP contribution in [0.4, 0.5) is 0 Å².